The van der Waals surface area contributed by atoms with E-state index < -0.39 is 12.0 Å². The fraction of sp³-hybridized carbons (Fsp3) is 0.208. The highest BCUT2D eigenvalue weighted by Crippen LogP contribution is 2.41. The first-order valence-corrected chi connectivity index (χ1v) is 12.5. The number of benzene rings is 2. The molecule has 1 N–H and O–H groups in total. The highest BCUT2D eigenvalue weighted by Gasteiger charge is 2.37. The van der Waals surface area contributed by atoms with Gasteiger partial charge in [-0.3, -0.25) is 0 Å². The van der Waals surface area contributed by atoms with Crippen LogP contribution in [0.15, 0.2) is 76.0 Å². The van der Waals surface area contributed by atoms with Gasteiger partial charge in [0.2, 0.25) is 11.1 Å². The number of nitrogens with one attached hydrogen (secondary N) is 1. The van der Waals surface area contributed by atoms with Gasteiger partial charge in [-0.25, -0.2) is 9.48 Å². The van der Waals surface area contributed by atoms with Crippen LogP contribution < -0.4 is 10.1 Å². The number of rotatable bonds is 8. The zero-order valence-electron chi connectivity index (χ0n) is 18.5. The molecule has 4 rings (SSSR count). The standard InChI is InChI=1S/C24H22BrClN4O3S/c1-4-11-33-22(31)20-14(2)27-23-28-24(34-13-15-7-5-6-8-18(15)26)29-30(23)21(20)17-12-16(25)9-10-19(17)32-3/h4-10,12,21H,1,11,13H2,2-3H3,(H,27,28,29). The lowest BCUT2D eigenvalue weighted by Crippen LogP contribution is -2.30. The van der Waals surface area contributed by atoms with Gasteiger partial charge in [-0.15, -0.1) is 5.10 Å². The number of hydrogen-bond acceptors (Lipinski definition) is 7. The Labute approximate surface area is 215 Å². The summed E-state index contributed by atoms with van der Waals surface area (Å²) in [6.45, 7) is 5.54. The average Bonchev–Trinajstić information content (AvgIpc) is 3.23. The van der Waals surface area contributed by atoms with Crippen molar-refractivity contribution in [1.29, 1.82) is 0 Å². The second kappa shape index (κ2) is 10.7. The SMILES string of the molecule is C=CCOC(=O)C1=C(C)Nc2nc(SCc3ccccc3Cl)nn2C1c1cc(Br)ccc1OC. The Morgan fingerprint density at radius 3 is 2.88 bits per heavy atom. The monoisotopic (exact) mass is 560 g/mol. The number of esters is 1. The second-order valence-corrected chi connectivity index (χ2v) is 9.65. The predicted molar refractivity (Wildman–Crippen MR) is 137 cm³/mol. The smallest absolute Gasteiger partial charge is 0.338 e. The van der Waals surface area contributed by atoms with Crippen molar-refractivity contribution in [3.8, 4) is 5.75 Å². The normalized spacial score (nSPS) is 14.9. The summed E-state index contributed by atoms with van der Waals surface area (Å²) in [6, 6.07) is 12.7. The number of anilines is 1. The lowest BCUT2D eigenvalue weighted by atomic mass is 9.95. The fourth-order valence-electron chi connectivity index (χ4n) is 3.63. The molecule has 1 unspecified atom stereocenters. The summed E-state index contributed by atoms with van der Waals surface area (Å²) in [5, 5.41) is 9.18. The van der Waals surface area contributed by atoms with Gasteiger partial charge in [0, 0.05) is 26.5 Å². The summed E-state index contributed by atoms with van der Waals surface area (Å²) in [5.74, 6) is 1.27. The minimum Gasteiger partial charge on any atom is -0.496 e. The van der Waals surface area contributed by atoms with Crippen molar-refractivity contribution >= 4 is 51.2 Å². The number of methoxy groups -OCH3 is 1. The van der Waals surface area contributed by atoms with E-state index >= 15 is 0 Å². The summed E-state index contributed by atoms with van der Waals surface area (Å²) in [7, 11) is 1.59. The molecular weight excluding hydrogens is 540 g/mol. The Hall–Kier alpha value is -2.75. The Morgan fingerprint density at radius 1 is 1.35 bits per heavy atom. The van der Waals surface area contributed by atoms with E-state index in [0.29, 0.717) is 38.9 Å². The highest BCUT2D eigenvalue weighted by molar-refractivity contribution is 9.10. The van der Waals surface area contributed by atoms with Gasteiger partial charge in [0.1, 0.15) is 18.4 Å². The van der Waals surface area contributed by atoms with Crippen LogP contribution in [-0.2, 0) is 15.3 Å². The van der Waals surface area contributed by atoms with Crippen LogP contribution in [0.3, 0.4) is 0 Å². The quantitative estimate of drug-likeness (QED) is 0.205. The number of carbonyl (C=O) groups is 1. The molecule has 7 nitrogen and oxygen atoms in total. The molecule has 0 radical (unpaired) electrons. The van der Waals surface area contributed by atoms with Crippen LogP contribution in [0.1, 0.15) is 24.1 Å². The molecular formula is C24H22BrClN4O3S. The minimum absolute atomic E-state index is 0.0983. The largest absolute Gasteiger partial charge is 0.496 e. The van der Waals surface area contributed by atoms with Crippen LogP contribution in [0.4, 0.5) is 5.95 Å². The number of thioether (sulfide) groups is 1. The van der Waals surface area contributed by atoms with Gasteiger partial charge in [0.15, 0.2) is 0 Å². The molecule has 2 heterocycles. The Morgan fingerprint density at radius 2 is 2.15 bits per heavy atom. The van der Waals surface area contributed by atoms with E-state index in [4.69, 9.17) is 26.2 Å². The fourth-order valence-corrected chi connectivity index (χ4v) is 5.13. The third-order valence-electron chi connectivity index (χ3n) is 5.19. The van der Waals surface area contributed by atoms with E-state index in [2.05, 4.69) is 32.8 Å². The van der Waals surface area contributed by atoms with Crippen molar-refractivity contribution in [3.05, 3.63) is 87.0 Å². The summed E-state index contributed by atoms with van der Waals surface area (Å²) < 4.78 is 13.6. The first kappa shape index (κ1) is 24.4. The van der Waals surface area contributed by atoms with E-state index in [0.717, 1.165) is 15.6 Å². The van der Waals surface area contributed by atoms with Gasteiger partial charge >= 0.3 is 5.97 Å². The van der Waals surface area contributed by atoms with Crippen molar-refractivity contribution < 1.29 is 14.3 Å². The lowest BCUT2D eigenvalue weighted by molar-refractivity contribution is -0.138. The maximum atomic E-state index is 13.1. The number of aromatic nitrogens is 3. The topological polar surface area (TPSA) is 78.3 Å². The molecule has 176 valence electrons. The highest BCUT2D eigenvalue weighted by atomic mass is 79.9. The zero-order valence-corrected chi connectivity index (χ0v) is 21.7. The Kier molecular flexibility index (Phi) is 7.65. The Balaban J connectivity index is 1.76. The number of carbonyl (C=O) groups excluding carboxylic acids is 1. The third kappa shape index (κ3) is 5.01. The summed E-state index contributed by atoms with van der Waals surface area (Å²) in [6.07, 6.45) is 1.53. The maximum Gasteiger partial charge on any atom is 0.338 e. The van der Waals surface area contributed by atoms with Crippen molar-refractivity contribution in [1.82, 2.24) is 14.8 Å². The molecule has 0 fully saturated rings. The van der Waals surface area contributed by atoms with Crippen LogP contribution in [0.5, 0.6) is 5.75 Å². The van der Waals surface area contributed by atoms with Gasteiger partial charge in [0.05, 0.1) is 12.7 Å². The molecule has 0 aliphatic carbocycles. The summed E-state index contributed by atoms with van der Waals surface area (Å²) >= 11 is 11.3. The molecule has 0 saturated carbocycles. The average molecular weight is 562 g/mol. The molecule has 0 saturated heterocycles. The van der Waals surface area contributed by atoms with E-state index in [1.165, 1.54) is 17.8 Å². The number of allylic oxidation sites excluding steroid dienone is 1. The number of ether oxygens (including phenoxy) is 2. The molecule has 0 spiro atoms. The summed E-state index contributed by atoms with van der Waals surface area (Å²) in [4.78, 5) is 17.8. The Bertz CT molecular complexity index is 1280. The molecule has 34 heavy (non-hydrogen) atoms. The molecule has 0 bridgehead atoms. The van der Waals surface area contributed by atoms with Crippen molar-refractivity contribution in [2.24, 2.45) is 0 Å². The molecule has 2 aromatic carbocycles. The third-order valence-corrected chi connectivity index (χ3v) is 6.93. The second-order valence-electron chi connectivity index (χ2n) is 7.38. The molecule has 3 aromatic rings. The summed E-state index contributed by atoms with van der Waals surface area (Å²) in [5.41, 5.74) is 2.78. The van der Waals surface area contributed by atoms with Crippen LogP contribution in [0.2, 0.25) is 5.02 Å². The van der Waals surface area contributed by atoms with E-state index in [1.807, 2.05) is 49.4 Å². The number of hydrogen-bond donors (Lipinski definition) is 1. The zero-order chi connectivity index (χ0) is 24.2. The first-order valence-electron chi connectivity index (χ1n) is 10.3. The molecule has 0 amide bonds. The van der Waals surface area contributed by atoms with Gasteiger partial charge in [-0.1, -0.05) is 70.1 Å². The molecule has 10 heteroatoms. The van der Waals surface area contributed by atoms with Crippen molar-refractivity contribution in [3.63, 3.8) is 0 Å². The van der Waals surface area contributed by atoms with E-state index in [9.17, 15) is 4.79 Å². The van der Waals surface area contributed by atoms with Crippen molar-refractivity contribution in [2.45, 2.75) is 23.9 Å². The lowest BCUT2D eigenvalue weighted by Gasteiger charge is -2.29. The first-order chi connectivity index (χ1) is 16.4. The van der Waals surface area contributed by atoms with Gasteiger partial charge in [-0.2, -0.15) is 4.98 Å². The van der Waals surface area contributed by atoms with Crippen LogP contribution >= 0.6 is 39.3 Å². The molecule has 1 aromatic heterocycles. The number of nitrogens with zero attached hydrogens (tertiary/aromatic N) is 3. The van der Waals surface area contributed by atoms with E-state index in [1.54, 1.807) is 11.8 Å². The predicted octanol–water partition coefficient (Wildman–Crippen LogP) is 6.01. The van der Waals surface area contributed by atoms with Gasteiger partial charge < -0.3 is 14.8 Å². The maximum absolute atomic E-state index is 13.1. The van der Waals surface area contributed by atoms with Crippen LogP contribution in [0.25, 0.3) is 0 Å². The number of halogens is 2. The molecule has 1 aliphatic heterocycles. The van der Waals surface area contributed by atoms with Gasteiger partial charge in [-0.05, 0) is 36.8 Å². The number of fused-ring (bicyclic) bond motifs is 1. The molecule has 1 atom stereocenters. The minimum atomic E-state index is -0.608. The van der Waals surface area contributed by atoms with Crippen LogP contribution in [0, 0.1) is 0 Å². The van der Waals surface area contributed by atoms with Crippen molar-refractivity contribution in [2.75, 3.05) is 19.0 Å². The van der Waals surface area contributed by atoms with Crippen LogP contribution in [-0.4, -0.2) is 34.5 Å². The van der Waals surface area contributed by atoms with Gasteiger partial charge in [0.25, 0.3) is 0 Å². The van der Waals surface area contributed by atoms with E-state index in [-0.39, 0.29) is 6.61 Å². The molecule has 1 aliphatic rings.